The first-order chi connectivity index (χ1) is 8.84. The minimum Gasteiger partial charge on any atom is -0.486 e. The van der Waals surface area contributed by atoms with E-state index >= 15 is 0 Å². The highest BCUT2D eigenvalue weighted by Gasteiger charge is 2.06. The molecule has 0 aliphatic heterocycles. The molecule has 2 N–H and O–H groups in total. The SMILES string of the molecule is Nc1snnc1COc1cccc2ccccc12. The summed E-state index contributed by atoms with van der Waals surface area (Å²) in [6.07, 6.45) is 0. The van der Waals surface area contributed by atoms with Crippen LogP contribution in [0, 0.1) is 0 Å². The number of ether oxygens (including phenoxy) is 1. The third kappa shape index (κ3) is 2.00. The summed E-state index contributed by atoms with van der Waals surface area (Å²) >= 11 is 1.18. The van der Waals surface area contributed by atoms with Crippen LogP contribution in [-0.2, 0) is 6.61 Å². The number of nitrogens with zero attached hydrogens (tertiary/aromatic N) is 2. The fraction of sp³-hybridized carbons (Fsp3) is 0.0769. The Kier molecular flexibility index (Phi) is 2.82. The topological polar surface area (TPSA) is 61.0 Å². The molecule has 0 aliphatic carbocycles. The Balaban J connectivity index is 1.89. The van der Waals surface area contributed by atoms with Crippen molar-refractivity contribution < 1.29 is 4.74 Å². The van der Waals surface area contributed by atoms with Gasteiger partial charge in [0.15, 0.2) is 0 Å². The van der Waals surface area contributed by atoms with Crippen LogP contribution in [0.5, 0.6) is 5.75 Å². The van der Waals surface area contributed by atoms with E-state index in [9.17, 15) is 0 Å². The number of anilines is 1. The first-order valence-corrected chi connectivity index (χ1v) is 6.29. The Morgan fingerprint density at radius 2 is 1.94 bits per heavy atom. The van der Waals surface area contributed by atoms with Crippen molar-refractivity contribution in [3.05, 3.63) is 48.2 Å². The van der Waals surface area contributed by atoms with Gasteiger partial charge in [-0.2, -0.15) is 0 Å². The Labute approximate surface area is 108 Å². The largest absolute Gasteiger partial charge is 0.486 e. The highest BCUT2D eigenvalue weighted by Crippen LogP contribution is 2.26. The van der Waals surface area contributed by atoms with E-state index < -0.39 is 0 Å². The van der Waals surface area contributed by atoms with Crippen LogP contribution in [0.2, 0.25) is 0 Å². The van der Waals surface area contributed by atoms with E-state index in [4.69, 9.17) is 10.5 Å². The number of nitrogens with two attached hydrogens (primary N) is 1. The Morgan fingerprint density at radius 3 is 2.78 bits per heavy atom. The maximum absolute atomic E-state index is 5.77. The van der Waals surface area contributed by atoms with Crippen molar-refractivity contribution in [2.75, 3.05) is 5.73 Å². The number of rotatable bonds is 3. The minimum absolute atomic E-state index is 0.344. The summed E-state index contributed by atoms with van der Waals surface area (Å²) in [5.41, 5.74) is 6.42. The molecule has 2 aromatic carbocycles. The van der Waals surface area contributed by atoms with Crippen molar-refractivity contribution in [2.45, 2.75) is 6.61 Å². The Bertz CT molecular complexity index is 675. The van der Waals surface area contributed by atoms with Gasteiger partial charge in [-0.1, -0.05) is 40.9 Å². The zero-order valence-corrected chi connectivity index (χ0v) is 10.4. The molecule has 5 heteroatoms. The van der Waals surface area contributed by atoms with Crippen molar-refractivity contribution >= 4 is 27.3 Å². The molecule has 0 unspecified atom stereocenters. The van der Waals surface area contributed by atoms with Crippen LogP contribution in [0.15, 0.2) is 42.5 Å². The quantitative estimate of drug-likeness (QED) is 0.783. The normalized spacial score (nSPS) is 10.7. The number of hydrogen-bond acceptors (Lipinski definition) is 5. The van der Waals surface area contributed by atoms with Crippen LogP contribution in [0.4, 0.5) is 5.00 Å². The van der Waals surface area contributed by atoms with Crippen molar-refractivity contribution in [1.82, 2.24) is 9.59 Å². The highest BCUT2D eigenvalue weighted by molar-refractivity contribution is 7.09. The lowest BCUT2D eigenvalue weighted by Crippen LogP contribution is -1.99. The van der Waals surface area contributed by atoms with Gasteiger partial charge in [0, 0.05) is 16.9 Å². The number of hydrogen-bond donors (Lipinski definition) is 1. The van der Waals surface area contributed by atoms with Gasteiger partial charge in [0.05, 0.1) is 0 Å². The van der Waals surface area contributed by atoms with Crippen LogP contribution in [0.25, 0.3) is 10.8 Å². The predicted molar refractivity (Wildman–Crippen MR) is 72.6 cm³/mol. The van der Waals surface area contributed by atoms with Crippen LogP contribution >= 0.6 is 11.5 Å². The van der Waals surface area contributed by atoms with Gasteiger partial charge < -0.3 is 10.5 Å². The maximum Gasteiger partial charge on any atom is 0.136 e. The first kappa shape index (κ1) is 11.0. The number of nitrogen functional groups attached to an aromatic ring is 1. The van der Waals surface area contributed by atoms with Gasteiger partial charge in [-0.15, -0.1) is 5.10 Å². The van der Waals surface area contributed by atoms with E-state index in [1.54, 1.807) is 0 Å². The second-order valence-corrected chi connectivity index (χ2v) is 4.64. The van der Waals surface area contributed by atoms with Crippen LogP contribution in [0.3, 0.4) is 0 Å². The molecule has 0 bridgehead atoms. The molecule has 1 aromatic heterocycles. The minimum atomic E-state index is 0.344. The van der Waals surface area contributed by atoms with Gasteiger partial charge in [0.25, 0.3) is 0 Å². The zero-order chi connectivity index (χ0) is 12.4. The molecule has 3 aromatic rings. The Morgan fingerprint density at radius 1 is 1.11 bits per heavy atom. The van der Waals surface area contributed by atoms with Gasteiger partial charge in [0.2, 0.25) is 0 Å². The number of aromatic nitrogens is 2. The molecular formula is C13H11N3OS. The van der Waals surface area contributed by atoms with Crippen LogP contribution < -0.4 is 10.5 Å². The second-order valence-electron chi connectivity index (χ2n) is 3.85. The number of fused-ring (bicyclic) bond motifs is 1. The van der Waals surface area contributed by atoms with Crippen LogP contribution in [-0.4, -0.2) is 9.59 Å². The average molecular weight is 257 g/mol. The summed E-state index contributed by atoms with van der Waals surface area (Å²) in [6, 6.07) is 14.1. The monoisotopic (exact) mass is 257 g/mol. The molecule has 0 amide bonds. The molecule has 0 spiro atoms. The molecule has 18 heavy (non-hydrogen) atoms. The molecule has 0 radical (unpaired) electrons. The molecule has 0 fully saturated rings. The lowest BCUT2D eigenvalue weighted by Gasteiger charge is -2.07. The van der Waals surface area contributed by atoms with E-state index in [1.165, 1.54) is 11.5 Å². The van der Waals surface area contributed by atoms with Gasteiger partial charge in [-0.3, -0.25) is 0 Å². The van der Waals surface area contributed by atoms with E-state index in [2.05, 4.69) is 21.7 Å². The summed E-state index contributed by atoms with van der Waals surface area (Å²) in [7, 11) is 0. The van der Waals surface area contributed by atoms with Crippen molar-refractivity contribution in [3.8, 4) is 5.75 Å². The van der Waals surface area contributed by atoms with E-state index in [1.807, 2.05) is 30.3 Å². The van der Waals surface area contributed by atoms with Gasteiger partial charge in [-0.25, -0.2) is 0 Å². The van der Waals surface area contributed by atoms with Crippen molar-refractivity contribution in [3.63, 3.8) is 0 Å². The Hall–Kier alpha value is -2.14. The summed E-state index contributed by atoms with van der Waals surface area (Å²) < 4.78 is 9.55. The van der Waals surface area contributed by atoms with Gasteiger partial charge in [0.1, 0.15) is 23.1 Å². The summed E-state index contributed by atoms with van der Waals surface area (Å²) in [5, 5.41) is 6.77. The lowest BCUT2D eigenvalue weighted by atomic mass is 10.1. The third-order valence-electron chi connectivity index (χ3n) is 2.70. The van der Waals surface area contributed by atoms with Gasteiger partial charge >= 0.3 is 0 Å². The predicted octanol–water partition coefficient (Wildman–Crippen LogP) is 2.85. The molecule has 0 atom stereocenters. The van der Waals surface area contributed by atoms with E-state index in [-0.39, 0.29) is 0 Å². The molecule has 3 rings (SSSR count). The van der Waals surface area contributed by atoms with Gasteiger partial charge in [-0.05, 0) is 11.5 Å². The standard InChI is InChI=1S/C13H11N3OS/c14-13-11(15-16-18-13)8-17-12-7-3-5-9-4-1-2-6-10(9)12/h1-7H,8,14H2. The maximum atomic E-state index is 5.77. The second kappa shape index (κ2) is 4.62. The van der Waals surface area contributed by atoms with E-state index in [0.717, 1.165) is 16.5 Å². The lowest BCUT2D eigenvalue weighted by molar-refractivity contribution is 0.305. The van der Waals surface area contributed by atoms with Crippen molar-refractivity contribution in [1.29, 1.82) is 0 Å². The zero-order valence-electron chi connectivity index (χ0n) is 9.54. The van der Waals surface area contributed by atoms with Crippen LogP contribution in [0.1, 0.15) is 5.69 Å². The van der Waals surface area contributed by atoms with Crippen molar-refractivity contribution in [2.24, 2.45) is 0 Å². The average Bonchev–Trinajstić information content (AvgIpc) is 2.82. The first-order valence-electron chi connectivity index (χ1n) is 5.52. The van der Waals surface area contributed by atoms with E-state index in [0.29, 0.717) is 17.3 Å². The number of benzene rings is 2. The summed E-state index contributed by atoms with van der Waals surface area (Å²) in [6.45, 7) is 0.344. The molecule has 0 saturated heterocycles. The molecule has 0 saturated carbocycles. The summed E-state index contributed by atoms with van der Waals surface area (Å²) in [4.78, 5) is 0. The molecular weight excluding hydrogens is 246 g/mol. The fourth-order valence-electron chi connectivity index (χ4n) is 1.78. The molecule has 90 valence electrons. The molecule has 4 nitrogen and oxygen atoms in total. The smallest absolute Gasteiger partial charge is 0.136 e. The molecule has 1 heterocycles. The fourth-order valence-corrected chi connectivity index (χ4v) is 2.22. The summed E-state index contributed by atoms with van der Waals surface area (Å²) in [5.74, 6) is 0.834. The molecule has 0 aliphatic rings. The third-order valence-corrected chi connectivity index (χ3v) is 3.29. The highest BCUT2D eigenvalue weighted by atomic mass is 32.1.